The second kappa shape index (κ2) is 7.89. The van der Waals surface area contributed by atoms with Gasteiger partial charge in [0.2, 0.25) is 0 Å². The smallest absolute Gasteiger partial charge is 0.297 e. The van der Waals surface area contributed by atoms with Gasteiger partial charge in [-0.3, -0.25) is 4.57 Å². The van der Waals surface area contributed by atoms with Crippen molar-refractivity contribution in [2.75, 3.05) is 18.0 Å². The van der Waals surface area contributed by atoms with Gasteiger partial charge in [0.25, 0.3) is 5.68 Å². The zero-order valence-corrected chi connectivity index (χ0v) is 17.8. The Morgan fingerprint density at radius 2 is 1.76 bits per heavy atom. The van der Waals surface area contributed by atoms with Crippen LogP contribution in [0.1, 0.15) is 68.6 Å². The summed E-state index contributed by atoms with van der Waals surface area (Å²) in [7, 11) is 0. The van der Waals surface area contributed by atoms with Crippen molar-refractivity contribution in [2.45, 2.75) is 77.3 Å². The number of anilines is 1. The van der Waals surface area contributed by atoms with Gasteiger partial charge in [0.1, 0.15) is 0 Å². The van der Waals surface area contributed by atoms with Crippen molar-refractivity contribution in [1.82, 2.24) is 4.57 Å². The van der Waals surface area contributed by atoms with Crippen LogP contribution in [0.4, 0.5) is 5.69 Å². The van der Waals surface area contributed by atoms with Crippen molar-refractivity contribution < 1.29 is 4.42 Å². The summed E-state index contributed by atoms with van der Waals surface area (Å²) < 4.78 is 8.39. The third-order valence-electron chi connectivity index (χ3n) is 6.88. The van der Waals surface area contributed by atoms with E-state index in [0.29, 0.717) is 6.04 Å². The molecule has 0 radical (unpaired) electrons. The molecule has 5 rings (SSSR count). The Morgan fingerprint density at radius 1 is 1.07 bits per heavy atom. The summed E-state index contributed by atoms with van der Waals surface area (Å²) >= 11 is 0. The molecule has 2 aliphatic heterocycles. The Hall–Kier alpha value is -2.23. The van der Waals surface area contributed by atoms with Crippen LogP contribution in [-0.2, 0) is 19.4 Å². The lowest BCUT2D eigenvalue weighted by Gasteiger charge is -2.37. The molecule has 0 bridgehead atoms. The fourth-order valence-electron chi connectivity index (χ4n) is 5.43. The van der Waals surface area contributed by atoms with E-state index in [9.17, 15) is 0 Å². The second-order valence-electron chi connectivity index (χ2n) is 8.89. The monoisotopic (exact) mass is 391 g/mol. The highest BCUT2D eigenvalue weighted by Crippen LogP contribution is 2.36. The molecular weight excluding hydrogens is 358 g/mol. The van der Waals surface area contributed by atoms with Crippen LogP contribution in [0, 0.1) is 0 Å². The van der Waals surface area contributed by atoms with Crippen molar-refractivity contribution in [3.8, 4) is 0 Å². The quantitative estimate of drug-likeness (QED) is 0.805. The van der Waals surface area contributed by atoms with Gasteiger partial charge in [-0.25, -0.2) is 4.99 Å². The van der Waals surface area contributed by atoms with E-state index in [1.165, 1.54) is 93.3 Å². The largest absolute Gasteiger partial charge is 0.424 e. The highest BCUT2D eigenvalue weighted by atomic mass is 16.3. The van der Waals surface area contributed by atoms with Crippen molar-refractivity contribution in [1.29, 1.82) is 0 Å². The molecule has 1 fully saturated rings. The summed E-state index contributed by atoms with van der Waals surface area (Å²) in [6, 6.07) is 5.14. The zero-order chi connectivity index (χ0) is 19.8. The first-order valence-corrected chi connectivity index (χ1v) is 11.6. The highest BCUT2D eigenvalue weighted by molar-refractivity contribution is 5.67. The van der Waals surface area contributed by atoms with Gasteiger partial charge in [0.05, 0.1) is 11.4 Å². The van der Waals surface area contributed by atoms with E-state index < -0.39 is 0 Å². The van der Waals surface area contributed by atoms with Crippen molar-refractivity contribution in [3.05, 3.63) is 45.3 Å². The summed E-state index contributed by atoms with van der Waals surface area (Å²) in [5.41, 5.74) is 7.39. The molecule has 4 nitrogen and oxygen atoms in total. The molecule has 0 saturated heterocycles. The van der Waals surface area contributed by atoms with Crippen LogP contribution in [0.2, 0.25) is 0 Å². The van der Waals surface area contributed by atoms with Crippen molar-refractivity contribution >= 4 is 18.3 Å². The molecule has 0 N–H and O–H groups in total. The highest BCUT2D eigenvalue weighted by Gasteiger charge is 2.24. The number of rotatable bonds is 3. The van der Waals surface area contributed by atoms with Gasteiger partial charge >= 0.3 is 0 Å². The molecule has 4 heteroatoms. The van der Waals surface area contributed by atoms with Crippen LogP contribution >= 0.6 is 0 Å². The minimum atomic E-state index is 0.402. The topological polar surface area (TPSA) is 33.7 Å². The predicted molar refractivity (Wildman–Crippen MR) is 118 cm³/mol. The third-order valence-corrected chi connectivity index (χ3v) is 6.88. The number of aryl methyl sites for hydroxylation is 2. The Kier molecular flexibility index (Phi) is 5.11. The lowest BCUT2D eigenvalue weighted by atomic mass is 9.90. The molecule has 3 heterocycles. The molecule has 1 aromatic heterocycles. The minimum absolute atomic E-state index is 0.402. The molecule has 1 aliphatic carbocycles. The van der Waals surface area contributed by atoms with Crippen molar-refractivity contribution in [2.24, 2.45) is 4.99 Å². The van der Waals surface area contributed by atoms with E-state index in [-0.39, 0.29) is 0 Å². The molecule has 0 spiro atoms. The molecule has 1 saturated carbocycles. The minimum Gasteiger partial charge on any atom is -0.424 e. The first-order chi connectivity index (χ1) is 14.2. The van der Waals surface area contributed by atoms with Gasteiger partial charge in [0, 0.05) is 25.3 Å². The summed E-state index contributed by atoms with van der Waals surface area (Å²) in [4.78, 5) is 7.56. The molecule has 3 aliphatic rings. The number of benzene rings is 1. The van der Waals surface area contributed by atoms with Gasteiger partial charge in [-0.15, -0.1) is 0 Å². The maximum atomic E-state index is 6.26. The van der Waals surface area contributed by atoms with Gasteiger partial charge in [-0.2, -0.15) is 0 Å². The fourth-order valence-corrected chi connectivity index (χ4v) is 5.43. The van der Waals surface area contributed by atoms with Crippen LogP contribution in [0.3, 0.4) is 0 Å². The molecule has 2 aromatic rings. The maximum absolute atomic E-state index is 6.26. The second-order valence-corrected chi connectivity index (χ2v) is 8.89. The van der Waals surface area contributed by atoms with E-state index in [4.69, 9.17) is 9.41 Å². The zero-order valence-electron chi connectivity index (χ0n) is 17.8. The van der Waals surface area contributed by atoms with Crippen LogP contribution in [0.5, 0.6) is 0 Å². The predicted octanol–water partition coefficient (Wildman–Crippen LogP) is 3.27. The van der Waals surface area contributed by atoms with Gasteiger partial charge in [-0.05, 0) is 80.3 Å². The van der Waals surface area contributed by atoms with Gasteiger partial charge < -0.3 is 9.32 Å². The van der Waals surface area contributed by atoms with E-state index in [0.717, 1.165) is 23.0 Å². The summed E-state index contributed by atoms with van der Waals surface area (Å²) in [6.07, 6.45) is 13.4. The summed E-state index contributed by atoms with van der Waals surface area (Å²) in [6.45, 7) is 9.74. The molecular formula is C25H33N3O. The van der Waals surface area contributed by atoms with Crippen LogP contribution in [0.15, 0.2) is 21.5 Å². The Balaban J connectivity index is 1.58. The molecule has 0 amide bonds. The number of aromatic nitrogens is 1. The Labute approximate surface area is 173 Å². The number of oxazole rings is 1. The summed E-state index contributed by atoms with van der Waals surface area (Å²) in [5.74, 6) is 0. The lowest BCUT2D eigenvalue weighted by molar-refractivity contribution is 0.386. The number of nitrogens with zero attached hydrogens (tertiary/aromatic N) is 3. The average Bonchev–Trinajstić information content (AvgIpc) is 3.03. The van der Waals surface area contributed by atoms with E-state index >= 15 is 0 Å². The van der Waals surface area contributed by atoms with Crippen LogP contribution in [-0.4, -0.2) is 23.7 Å². The number of hydrogen-bond donors (Lipinski definition) is 0. The first-order valence-electron chi connectivity index (χ1n) is 11.6. The Morgan fingerprint density at radius 3 is 2.41 bits per heavy atom. The third kappa shape index (κ3) is 3.58. The van der Waals surface area contributed by atoms with Gasteiger partial charge in [-0.1, -0.05) is 25.8 Å². The van der Waals surface area contributed by atoms with Gasteiger partial charge in [0.15, 0.2) is 5.42 Å². The van der Waals surface area contributed by atoms with E-state index in [1.807, 2.05) is 0 Å². The fraction of sp³-hybridized carbons (Fsp3) is 0.560. The first kappa shape index (κ1) is 18.8. The molecule has 0 unspecified atom stereocenters. The van der Waals surface area contributed by atoms with E-state index in [2.05, 4.69) is 41.2 Å². The standard InChI is InChI=1S/C25H33N3O/c1-3-28-18(2)23(29-25(28)26-22-11-5-4-6-12-22)17-19-15-20-9-7-13-27-14-8-10-21(16-19)24(20)27/h15-17,22H,2-14H2,1H3/b23-17+,26-25?. The Bertz CT molecular complexity index is 1040. The molecule has 0 atom stereocenters. The molecule has 154 valence electrons. The SMILES string of the molecule is C=c1/c(=C\c2cc3c4c(c2)CCCN4CCC3)oc(=NC2CCCCC2)n1CC. The normalized spacial score (nSPS) is 20.9. The van der Waals surface area contributed by atoms with Crippen LogP contribution < -0.4 is 21.3 Å². The van der Waals surface area contributed by atoms with Crippen LogP contribution in [0.25, 0.3) is 12.7 Å². The number of hydrogen-bond acceptors (Lipinski definition) is 3. The van der Waals surface area contributed by atoms with Crippen molar-refractivity contribution in [3.63, 3.8) is 0 Å². The molecule has 1 aromatic carbocycles. The summed E-state index contributed by atoms with van der Waals surface area (Å²) in [5, 5.41) is 0.940. The average molecular weight is 392 g/mol. The van der Waals surface area contributed by atoms with E-state index in [1.54, 1.807) is 0 Å². The molecule has 29 heavy (non-hydrogen) atoms. The maximum Gasteiger partial charge on any atom is 0.297 e. The lowest BCUT2D eigenvalue weighted by Crippen LogP contribution is -2.34.